The molecule has 92 valence electrons. The van der Waals surface area contributed by atoms with Gasteiger partial charge in [0.1, 0.15) is 5.75 Å². The maximum absolute atomic E-state index is 11.8. The zero-order chi connectivity index (χ0) is 12.3. The molecular weight excluding hydrogens is 216 g/mol. The number of nitrogens with one attached hydrogen (secondary N) is 2. The lowest BCUT2D eigenvalue weighted by atomic mass is 9.90. The maximum atomic E-state index is 11.8. The van der Waals surface area contributed by atoms with Crippen molar-refractivity contribution >= 4 is 5.91 Å². The van der Waals surface area contributed by atoms with E-state index in [0.717, 1.165) is 17.9 Å². The highest BCUT2D eigenvalue weighted by Gasteiger charge is 2.34. The van der Waals surface area contributed by atoms with Gasteiger partial charge in [-0.1, -0.05) is 12.1 Å². The molecule has 1 aromatic carbocycles. The van der Waals surface area contributed by atoms with Crippen LogP contribution < -0.4 is 15.4 Å². The molecule has 0 spiro atoms. The molecule has 1 aromatic rings. The van der Waals surface area contributed by atoms with Crippen LogP contribution >= 0.6 is 0 Å². The summed E-state index contributed by atoms with van der Waals surface area (Å²) in [6.07, 6.45) is 0.683. The third-order valence-electron chi connectivity index (χ3n) is 3.14. The zero-order valence-corrected chi connectivity index (χ0v) is 10.2. The van der Waals surface area contributed by atoms with E-state index >= 15 is 0 Å². The van der Waals surface area contributed by atoms with E-state index in [0.29, 0.717) is 13.0 Å². The predicted molar refractivity (Wildman–Crippen MR) is 66.1 cm³/mol. The minimum Gasteiger partial charge on any atom is -0.497 e. The highest BCUT2D eigenvalue weighted by Crippen LogP contribution is 2.18. The topological polar surface area (TPSA) is 50.4 Å². The Morgan fingerprint density at radius 2 is 2.00 bits per heavy atom. The van der Waals surface area contributed by atoms with Crippen molar-refractivity contribution in [3.63, 3.8) is 0 Å². The lowest BCUT2D eigenvalue weighted by molar-refractivity contribution is -0.128. The number of methoxy groups -OCH3 is 1. The van der Waals surface area contributed by atoms with Crippen LogP contribution in [0.2, 0.25) is 0 Å². The Bertz CT molecular complexity index is 402. The number of piperazine rings is 1. The van der Waals surface area contributed by atoms with E-state index in [2.05, 4.69) is 10.6 Å². The van der Waals surface area contributed by atoms with Gasteiger partial charge in [-0.2, -0.15) is 0 Å². The van der Waals surface area contributed by atoms with Gasteiger partial charge in [0.25, 0.3) is 0 Å². The van der Waals surface area contributed by atoms with Crippen molar-refractivity contribution in [2.24, 2.45) is 0 Å². The summed E-state index contributed by atoms with van der Waals surface area (Å²) in [6, 6.07) is 7.82. The molecule has 0 radical (unpaired) electrons. The molecule has 4 nitrogen and oxygen atoms in total. The normalized spacial score (nSPS) is 24.2. The smallest absolute Gasteiger partial charge is 0.240 e. The Hall–Kier alpha value is -1.55. The van der Waals surface area contributed by atoms with Crippen molar-refractivity contribution in [3.05, 3.63) is 29.8 Å². The Morgan fingerprint density at radius 1 is 1.29 bits per heavy atom. The molecule has 1 heterocycles. The fraction of sp³-hybridized carbons (Fsp3) is 0.462. The van der Waals surface area contributed by atoms with E-state index in [1.54, 1.807) is 7.11 Å². The Morgan fingerprint density at radius 3 is 2.59 bits per heavy atom. The van der Waals surface area contributed by atoms with Gasteiger partial charge < -0.3 is 15.4 Å². The third-order valence-corrected chi connectivity index (χ3v) is 3.14. The van der Waals surface area contributed by atoms with Crippen LogP contribution in [0, 0.1) is 0 Å². The van der Waals surface area contributed by atoms with Gasteiger partial charge in [-0.25, -0.2) is 0 Å². The van der Waals surface area contributed by atoms with E-state index in [1.807, 2.05) is 31.2 Å². The molecule has 1 amide bonds. The number of carbonyl (C=O) groups excluding carboxylic acids is 1. The second-order valence-electron chi connectivity index (χ2n) is 4.54. The minimum absolute atomic E-state index is 0.0690. The van der Waals surface area contributed by atoms with Crippen LogP contribution in [0.5, 0.6) is 5.75 Å². The minimum atomic E-state index is -0.507. The second-order valence-corrected chi connectivity index (χ2v) is 4.54. The van der Waals surface area contributed by atoms with Crippen LogP contribution in [0.1, 0.15) is 12.5 Å². The molecule has 17 heavy (non-hydrogen) atoms. The van der Waals surface area contributed by atoms with E-state index in [9.17, 15) is 4.79 Å². The van der Waals surface area contributed by atoms with E-state index in [-0.39, 0.29) is 5.91 Å². The fourth-order valence-electron chi connectivity index (χ4n) is 2.08. The Kier molecular flexibility index (Phi) is 3.33. The van der Waals surface area contributed by atoms with Crippen molar-refractivity contribution in [1.29, 1.82) is 0 Å². The summed E-state index contributed by atoms with van der Waals surface area (Å²) in [5.41, 5.74) is 0.616. The van der Waals surface area contributed by atoms with Gasteiger partial charge in [0, 0.05) is 13.1 Å². The first-order valence-corrected chi connectivity index (χ1v) is 5.80. The third kappa shape index (κ3) is 2.58. The molecule has 1 fully saturated rings. The van der Waals surface area contributed by atoms with Crippen LogP contribution in [0.25, 0.3) is 0 Å². The number of ether oxygens (including phenoxy) is 1. The van der Waals surface area contributed by atoms with Gasteiger partial charge in [0.15, 0.2) is 0 Å². The largest absolute Gasteiger partial charge is 0.497 e. The van der Waals surface area contributed by atoms with Crippen LogP contribution in [-0.2, 0) is 11.2 Å². The fourth-order valence-corrected chi connectivity index (χ4v) is 2.08. The van der Waals surface area contributed by atoms with Crippen LogP contribution in [0.15, 0.2) is 24.3 Å². The Balaban J connectivity index is 2.10. The molecule has 1 saturated heterocycles. The monoisotopic (exact) mass is 234 g/mol. The lowest BCUT2D eigenvalue weighted by Gasteiger charge is -2.34. The summed E-state index contributed by atoms with van der Waals surface area (Å²) < 4.78 is 5.11. The zero-order valence-electron chi connectivity index (χ0n) is 10.2. The lowest BCUT2D eigenvalue weighted by Crippen LogP contribution is -2.62. The van der Waals surface area contributed by atoms with Gasteiger partial charge in [-0.05, 0) is 31.0 Å². The van der Waals surface area contributed by atoms with Gasteiger partial charge >= 0.3 is 0 Å². The first-order valence-electron chi connectivity index (χ1n) is 5.80. The number of rotatable bonds is 3. The first-order chi connectivity index (χ1) is 8.14. The molecule has 4 heteroatoms. The predicted octanol–water partition coefficient (Wildman–Crippen LogP) is 0.716. The molecule has 1 aliphatic heterocycles. The van der Waals surface area contributed by atoms with Crippen LogP contribution in [0.4, 0.5) is 0 Å². The number of hydrogen-bond acceptors (Lipinski definition) is 3. The van der Waals surface area contributed by atoms with E-state index < -0.39 is 5.54 Å². The van der Waals surface area contributed by atoms with Gasteiger partial charge in [0.2, 0.25) is 5.91 Å². The molecule has 0 bridgehead atoms. The van der Waals surface area contributed by atoms with Gasteiger partial charge in [-0.15, -0.1) is 0 Å². The summed E-state index contributed by atoms with van der Waals surface area (Å²) in [5, 5.41) is 6.17. The average Bonchev–Trinajstić information content (AvgIpc) is 2.34. The van der Waals surface area contributed by atoms with Crippen LogP contribution in [0.3, 0.4) is 0 Å². The summed E-state index contributed by atoms with van der Waals surface area (Å²) in [6.45, 7) is 3.46. The number of carbonyl (C=O) groups is 1. The van der Waals surface area contributed by atoms with Crippen molar-refractivity contribution in [1.82, 2.24) is 10.6 Å². The van der Waals surface area contributed by atoms with Gasteiger partial charge in [-0.3, -0.25) is 4.79 Å². The highest BCUT2D eigenvalue weighted by molar-refractivity contribution is 5.87. The van der Waals surface area contributed by atoms with Crippen molar-refractivity contribution in [2.45, 2.75) is 18.9 Å². The summed E-state index contributed by atoms with van der Waals surface area (Å²) in [4.78, 5) is 11.8. The number of hydrogen-bond donors (Lipinski definition) is 2. The summed E-state index contributed by atoms with van der Waals surface area (Å²) in [7, 11) is 1.65. The number of benzene rings is 1. The standard InChI is InChI=1S/C13H18N2O2/c1-13(12(16)14-7-8-15-13)9-10-3-5-11(17-2)6-4-10/h3-6,15H,7-9H2,1-2H3,(H,14,16). The molecule has 1 atom stereocenters. The molecule has 0 aliphatic carbocycles. The van der Waals surface area contributed by atoms with Gasteiger partial charge in [0.05, 0.1) is 12.6 Å². The molecule has 2 rings (SSSR count). The quantitative estimate of drug-likeness (QED) is 0.810. The maximum Gasteiger partial charge on any atom is 0.240 e. The summed E-state index contributed by atoms with van der Waals surface area (Å²) in [5.74, 6) is 0.902. The molecule has 2 N–H and O–H groups in total. The van der Waals surface area contributed by atoms with E-state index in [1.165, 1.54) is 0 Å². The second kappa shape index (κ2) is 4.75. The molecule has 1 aliphatic rings. The van der Waals surface area contributed by atoms with Crippen molar-refractivity contribution < 1.29 is 9.53 Å². The SMILES string of the molecule is COc1ccc(CC2(C)NCCNC2=O)cc1. The Labute approximate surface area is 101 Å². The first kappa shape index (κ1) is 11.9. The molecule has 0 aromatic heterocycles. The molecular formula is C13H18N2O2. The van der Waals surface area contributed by atoms with Crippen molar-refractivity contribution in [2.75, 3.05) is 20.2 Å². The van der Waals surface area contributed by atoms with Crippen molar-refractivity contribution in [3.8, 4) is 5.75 Å². The molecule has 1 unspecified atom stereocenters. The number of amides is 1. The highest BCUT2D eigenvalue weighted by atomic mass is 16.5. The van der Waals surface area contributed by atoms with E-state index in [4.69, 9.17) is 4.74 Å². The average molecular weight is 234 g/mol. The van der Waals surface area contributed by atoms with Crippen LogP contribution in [-0.4, -0.2) is 31.6 Å². The summed E-state index contributed by atoms with van der Waals surface area (Å²) >= 11 is 0. The molecule has 0 saturated carbocycles.